The molecule has 1 heterocycles. The minimum absolute atomic E-state index is 0.619. The summed E-state index contributed by atoms with van der Waals surface area (Å²) in [6.07, 6.45) is 1.18. The number of halogens is 1. The van der Waals surface area contributed by atoms with Crippen molar-refractivity contribution in [1.82, 2.24) is 10.2 Å². The molecule has 3 nitrogen and oxygen atoms in total. The number of nitrogens with zero attached hydrogens (tertiary/aromatic N) is 2. The monoisotopic (exact) mass is 311 g/mol. The van der Waals surface area contributed by atoms with E-state index in [0.29, 0.717) is 6.04 Å². The number of para-hydroxylation sites is 1. The predicted octanol–water partition coefficient (Wildman–Crippen LogP) is 2.18. The van der Waals surface area contributed by atoms with E-state index in [2.05, 4.69) is 69.4 Å². The molecule has 1 N–H and O–H groups in total. The van der Waals surface area contributed by atoms with Gasteiger partial charge in [0.05, 0.1) is 5.69 Å². The van der Waals surface area contributed by atoms with Gasteiger partial charge < -0.3 is 15.1 Å². The number of benzene rings is 1. The van der Waals surface area contributed by atoms with Crippen molar-refractivity contribution in [3.05, 3.63) is 28.7 Å². The summed E-state index contributed by atoms with van der Waals surface area (Å²) in [4.78, 5) is 4.72. The minimum atomic E-state index is 0.619. The SMILES string of the molecule is CN1CCNC(CCN(C)c2ccccc2Br)C1. The first-order valence-electron chi connectivity index (χ1n) is 6.54. The van der Waals surface area contributed by atoms with Gasteiger partial charge in [0, 0.05) is 43.7 Å². The van der Waals surface area contributed by atoms with Gasteiger partial charge in [0.15, 0.2) is 0 Å². The quantitative estimate of drug-likeness (QED) is 0.919. The summed E-state index contributed by atoms with van der Waals surface area (Å²) in [5.74, 6) is 0. The van der Waals surface area contributed by atoms with Crippen LogP contribution in [0.3, 0.4) is 0 Å². The zero-order chi connectivity index (χ0) is 13.0. The Kier molecular flexibility index (Phi) is 5.03. The van der Waals surface area contributed by atoms with Crippen LogP contribution in [0.1, 0.15) is 6.42 Å². The lowest BCUT2D eigenvalue weighted by Crippen LogP contribution is -2.49. The summed E-state index contributed by atoms with van der Waals surface area (Å²) in [6.45, 7) is 4.51. The predicted molar refractivity (Wildman–Crippen MR) is 81.3 cm³/mol. The number of hydrogen-bond acceptors (Lipinski definition) is 3. The molecule has 1 aromatic rings. The average Bonchev–Trinajstić information content (AvgIpc) is 2.37. The van der Waals surface area contributed by atoms with Gasteiger partial charge in [-0.05, 0) is 41.5 Å². The molecule has 0 saturated carbocycles. The van der Waals surface area contributed by atoms with Gasteiger partial charge in [-0.3, -0.25) is 0 Å². The molecule has 0 aromatic heterocycles. The standard InChI is InChI=1S/C14H22BrN3/c1-17-10-8-16-12(11-17)7-9-18(2)14-6-4-3-5-13(14)15/h3-6,12,16H,7-11H2,1-2H3. The highest BCUT2D eigenvalue weighted by molar-refractivity contribution is 9.10. The maximum atomic E-state index is 3.61. The van der Waals surface area contributed by atoms with Gasteiger partial charge >= 0.3 is 0 Å². The topological polar surface area (TPSA) is 18.5 Å². The minimum Gasteiger partial charge on any atom is -0.374 e. The fourth-order valence-corrected chi connectivity index (χ4v) is 3.00. The third-order valence-electron chi connectivity index (χ3n) is 3.54. The second-order valence-electron chi connectivity index (χ2n) is 5.07. The lowest BCUT2D eigenvalue weighted by atomic mass is 10.1. The van der Waals surface area contributed by atoms with Crippen molar-refractivity contribution in [2.45, 2.75) is 12.5 Å². The highest BCUT2D eigenvalue weighted by atomic mass is 79.9. The van der Waals surface area contributed by atoms with Crippen LogP contribution in [0, 0.1) is 0 Å². The maximum absolute atomic E-state index is 3.61. The first kappa shape index (κ1) is 13.8. The zero-order valence-corrected chi connectivity index (χ0v) is 12.8. The molecule has 1 saturated heterocycles. The summed E-state index contributed by atoms with van der Waals surface area (Å²) in [5, 5.41) is 3.59. The van der Waals surface area contributed by atoms with E-state index in [1.54, 1.807) is 0 Å². The van der Waals surface area contributed by atoms with Gasteiger partial charge in [-0.25, -0.2) is 0 Å². The van der Waals surface area contributed by atoms with Crippen molar-refractivity contribution in [3.8, 4) is 0 Å². The Morgan fingerprint density at radius 2 is 2.22 bits per heavy atom. The Hall–Kier alpha value is -0.580. The van der Waals surface area contributed by atoms with Crippen LogP contribution in [0.2, 0.25) is 0 Å². The number of hydrogen-bond donors (Lipinski definition) is 1. The summed E-state index contributed by atoms with van der Waals surface area (Å²) in [5.41, 5.74) is 1.27. The van der Waals surface area contributed by atoms with Crippen LogP contribution in [0.15, 0.2) is 28.7 Å². The number of anilines is 1. The fraction of sp³-hybridized carbons (Fsp3) is 0.571. The number of piperazine rings is 1. The Balaban J connectivity index is 1.84. The largest absolute Gasteiger partial charge is 0.374 e. The van der Waals surface area contributed by atoms with Crippen molar-refractivity contribution in [2.24, 2.45) is 0 Å². The van der Waals surface area contributed by atoms with Gasteiger partial charge in [0.2, 0.25) is 0 Å². The van der Waals surface area contributed by atoms with Gasteiger partial charge in [0.1, 0.15) is 0 Å². The van der Waals surface area contributed by atoms with E-state index in [1.807, 2.05) is 0 Å². The first-order chi connectivity index (χ1) is 8.66. The Morgan fingerprint density at radius 3 is 2.94 bits per heavy atom. The van der Waals surface area contributed by atoms with Crippen molar-refractivity contribution in [3.63, 3.8) is 0 Å². The van der Waals surface area contributed by atoms with Crippen LogP contribution in [0.5, 0.6) is 0 Å². The van der Waals surface area contributed by atoms with E-state index in [9.17, 15) is 0 Å². The highest BCUT2D eigenvalue weighted by Gasteiger charge is 2.16. The second-order valence-corrected chi connectivity index (χ2v) is 5.93. The summed E-state index contributed by atoms with van der Waals surface area (Å²) in [6, 6.07) is 9.01. The van der Waals surface area contributed by atoms with Crippen LogP contribution in [-0.2, 0) is 0 Å². The van der Waals surface area contributed by atoms with Crippen molar-refractivity contribution in [1.29, 1.82) is 0 Å². The third-order valence-corrected chi connectivity index (χ3v) is 4.21. The van der Waals surface area contributed by atoms with Crippen LogP contribution in [0.25, 0.3) is 0 Å². The van der Waals surface area contributed by atoms with E-state index in [-0.39, 0.29) is 0 Å². The second kappa shape index (κ2) is 6.55. The molecule has 4 heteroatoms. The molecule has 0 aliphatic carbocycles. The molecule has 1 aromatic carbocycles. The number of likely N-dealkylation sites (N-methyl/N-ethyl adjacent to an activating group) is 1. The first-order valence-corrected chi connectivity index (χ1v) is 7.33. The van der Waals surface area contributed by atoms with Crippen LogP contribution < -0.4 is 10.2 Å². The zero-order valence-electron chi connectivity index (χ0n) is 11.2. The van der Waals surface area contributed by atoms with Gasteiger partial charge in [-0.15, -0.1) is 0 Å². The Morgan fingerprint density at radius 1 is 1.44 bits per heavy atom. The smallest absolute Gasteiger partial charge is 0.0508 e. The molecule has 1 aliphatic rings. The summed E-state index contributed by atoms with van der Waals surface area (Å²) < 4.78 is 1.17. The maximum Gasteiger partial charge on any atom is 0.0508 e. The van der Waals surface area contributed by atoms with E-state index < -0.39 is 0 Å². The highest BCUT2D eigenvalue weighted by Crippen LogP contribution is 2.24. The summed E-state index contributed by atoms with van der Waals surface area (Å²) >= 11 is 3.61. The van der Waals surface area contributed by atoms with E-state index in [1.165, 1.54) is 16.6 Å². The van der Waals surface area contributed by atoms with Gasteiger partial charge in [0.25, 0.3) is 0 Å². The van der Waals surface area contributed by atoms with E-state index >= 15 is 0 Å². The lowest BCUT2D eigenvalue weighted by Gasteiger charge is -2.32. The van der Waals surface area contributed by atoms with Crippen LogP contribution in [0.4, 0.5) is 5.69 Å². The molecule has 1 atom stereocenters. The van der Waals surface area contributed by atoms with Crippen molar-refractivity contribution in [2.75, 3.05) is 45.2 Å². The third kappa shape index (κ3) is 3.70. The molecule has 1 fully saturated rings. The van der Waals surface area contributed by atoms with Gasteiger partial charge in [-0.1, -0.05) is 12.1 Å². The van der Waals surface area contributed by atoms with E-state index in [4.69, 9.17) is 0 Å². The molecule has 0 amide bonds. The van der Waals surface area contributed by atoms with Crippen LogP contribution >= 0.6 is 15.9 Å². The molecule has 2 rings (SSSR count). The molecular weight excluding hydrogens is 290 g/mol. The Bertz CT molecular complexity index is 383. The molecule has 1 unspecified atom stereocenters. The van der Waals surface area contributed by atoms with Crippen LogP contribution in [-0.4, -0.2) is 51.2 Å². The molecule has 0 radical (unpaired) electrons. The van der Waals surface area contributed by atoms with Gasteiger partial charge in [-0.2, -0.15) is 0 Å². The molecule has 0 spiro atoms. The lowest BCUT2D eigenvalue weighted by molar-refractivity contribution is 0.233. The number of nitrogens with one attached hydrogen (secondary N) is 1. The van der Waals surface area contributed by atoms with Crippen molar-refractivity contribution < 1.29 is 0 Å². The number of rotatable bonds is 4. The van der Waals surface area contributed by atoms with Crippen molar-refractivity contribution >= 4 is 21.6 Å². The molecule has 0 bridgehead atoms. The average molecular weight is 312 g/mol. The normalized spacial score (nSPS) is 20.9. The summed E-state index contributed by atoms with van der Waals surface area (Å²) in [7, 11) is 4.36. The molecular formula is C14H22BrN3. The fourth-order valence-electron chi connectivity index (χ4n) is 2.42. The Labute approximate surface area is 118 Å². The van der Waals surface area contributed by atoms with E-state index in [0.717, 1.165) is 26.2 Å². The molecule has 18 heavy (non-hydrogen) atoms. The molecule has 1 aliphatic heterocycles. The molecule has 100 valence electrons.